The van der Waals surface area contributed by atoms with Crippen LogP contribution in [0.4, 0.5) is 0 Å². The molecule has 0 aromatic carbocycles. The highest BCUT2D eigenvalue weighted by Gasteiger charge is 2.42. The van der Waals surface area contributed by atoms with Crippen molar-refractivity contribution in [2.45, 2.75) is 39.2 Å². The summed E-state index contributed by atoms with van der Waals surface area (Å²) >= 11 is 0. The van der Waals surface area contributed by atoms with E-state index in [4.69, 9.17) is 5.73 Å². The second kappa shape index (κ2) is 6.73. The SMILES string of the molecule is CCC(CC)CN(CC(=O)OC)C(=O)C1CC1N. The number of hydrogen-bond acceptors (Lipinski definition) is 4. The summed E-state index contributed by atoms with van der Waals surface area (Å²) in [4.78, 5) is 25.1. The number of rotatable bonds is 7. The number of hydrogen-bond donors (Lipinski definition) is 1. The third kappa shape index (κ3) is 3.98. The minimum atomic E-state index is -0.372. The van der Waals surface area contributed by atoms with Crippen molar-refractivity contribution in [1.29, 1.82) is 0 Å². The van der Waals surface area contributed by atoms with Crippen molar-refractivity contribution in [1.82, 2.24) is 4.90 Å². The van der Waals surface area contributed by atoms with Gasteiger partial charge in [-0.2, -0.15) is 0 Å². The van der Waals surface area contributed by atoms with Gasteiger partial charge < -0.3 is 15.4 Å². The summed E-state index contributed by atoms with van der Waals surface area (Å²) in [6.07, 6.45) is 2.73. The van der Waals surface area contributed by atoms with Gasteiger partial charge in [0.2, 0.25) is 5.91 Å². The summed E-state index contributed by atoms with van der Waals surface area (Å²) in [5.41, 5.74) is 5.70. The van der Waals surface area contributed by atoms with Gasteiger partial charge >= 0.3 is 5.97 Å². The first-order valence-corrected chi connectivity index (χ1v) is 6.64. The van der Waals surface area contributed by atoms with Crippen LogP contribution in [0.15, 0.2) is 0 Å². The van der Waals surface area contributed by atoms with E-state index < -0.39 is 0 Å². The smallest absolute Gasteiger partial charge is 0.325 e. The molecule has 0 bridgehead atoms. The summed E-state index contributed by atoms with van der Waals surface area (Å²) < 4.78 is 4.64. The van der Waals surface area contributed by atoms with Gasteiger partial charge in [-0.25, -0.2) is 0 Å². The van der Waals surface area contributed by atoms with Crippen LogP contribution in [0, 0.1) is 11.8 Å². The largest absolute Gasteiger partial charge is 0.468 e. The van der Waals surface area contributed by atoms with Gasteiger partial charge in [-0.15, -0.1) is 0 Å². The Kier molecular flexibility index (Phi) is 5.59. The van der Waals surface area contributed by atoms with E-state index in [0.29, 0.717) is 12.5 Å². The van der Waals surface area contributed by atoms with E-state index in [2.05, 4.69) is 18.6 Å². The van der Waals surface area contributed by atoms with Crippen molar-refractivity contribution in [3.63, 3.8) is 0 Å². The van der Waals surface area contributed by atoms with Gasteiger partial charge in [0, 0.05) is 12.6 Å². The minimum Gasteiger partial charge on any atom is -0.468 e. The molecule has 1 amide bonds. The molecule has 18 heavy (non-hydrogen) atoms. The van der Waals surface area contributed by atoms with E-state index in [1.807, 2.05) is 0 Å². The first kappa shape index (κ1) is 15.0. The number of nitrogens with two attached hydrogens (primary N) is 1. The van der Waals surface area contributed by atoms with Crippen LogP contribution in [0.1, 0.15) is 33.1 Å². The van der Waals surface area contributed by atoms with Gasteiger partial charge in [-0.05, 0) is 12.3 Å². The molecule has 0 aromatic rings. The second-order valence-corrected chi connectivity index (χ2v) is 4.98. The van der Waals surface area contributed by atoms with Crippen molar-refractivity contribution in [3.05, 3.63) is 0 Å². The second-order valence-electron chi connectivity index (χ2n) is 4.98. The molecule has 1 saturated carbocycles. The highest BCUT2D eigenvalue weighted by Crippen LogP contribution is 2.30. The Labute approximate surface area is 109 Å². The number of esters is 1. The van der Waals surface area contributed by atoms with Gasteiger partial charge in [0.1, 0.15) is 6.54 Å². The van der Waals surface area contributed by atoms with Crippen LogP contribution in [-0.4, -0.2) is 43.0 Å². The van der Waals surface area contributed by atoms with E-state index in [-0.39, 0.29) is 30.4 Å². The van der Waals surface area contributed by atoms with Crippen LogP contribution >= 0.6 is 0 Å². The Morgan fingerprint density at radius 2 is 1.94 bits per heavy atom. The average molecular weight is 256 g/mol. The van der Waals surface area contributed by atoms with Crippen LogP contribution in [0.2, 0.25) is 0 Å². The Balaban J connectivity index is 2.61. The molecule has 2 atom stereocenters. The average Bonchev–Trinajstić information content (AvgIpc) is 3.10. The van der Waals surface area contributed by atoms with Crippen molar-refractivity contribution in [2.24, 2.45) is 17.6 Å². The molecule has 0 radical (unpaired) electrons. The van der Waals surface area contributed by atoms with Gasteiger partial charge in [0.05, 0.1) is 13.0 Å². The zero-order valence-corrected chi connectivity index (χ0v) is 11.5. The van der Waals surface area contributed by atoms with Crippen LogP contribution in [-0.2, 0) is 14.3 Å². The van der Waals surface area contributed by atoms with Crippen LogP contribution in [0.5, 0.6) is 0 Å². The molecular weight excluding hydrogens is 232 g/mol. The van der Waals surface area contributed by atoms with Crippen molar-refractivity contribution < 1.29 is 14.3 Å². The molecule has 0 spiro atoms. The molecule has 5 nitrogen and oxygen atoms in total. The fourth-order valence-corrected chi connectivity index (χ4v) is 2.04. The standard InChI is InChI=1S/C13H24N2O3/c1-4-9(5-2)7-15(8-12(16)18-3)13(17)10-6-11(10)14/h9-11H,4-8,14H2,1-3H3. The Hall–Kier alpha value is -1.10. The van der Waals surface area contributed by atoms with E-state index in [1.165, 1.54) is 7.11 Å². The Morgan fingerprint density at radius 1 is 1.39 bits per heavy atom. The maximum absolute atomic E-state index is 12.2. The van der Waals surface area contributed by atoms with Crippen LogP contribution in [0.3, 0.4) is 0 Å². The molecule has 0 aliphatic heterocycles. The van der Waals surface area contributed by atoms with Gasteiger partial charge in [-0.1, -0.05) is 26.7 Å². The third-order valence-corrected chi connectivity index (χ3v) is 3.65. The highest BCUT2D eigenvalue weighted by atomic mass is 16.5. The minimum absolute atomic E-state index is 0.000185. The first-order valence-electron chi connectivity index (χ1n) is 6.64. The zero-order chi connectivity index (χ0) is 13.7. The predicted molar refractivity (Wildman–Crippen MR) is 68.8 cm³/mol. The third-order valence-electron chi connectivity index (χ3n) is 3.65. The van der Waals surface area contributed by atoms with Gasteiger partial charge in [0.15, 0.2) is 0 Å². The molecule has 104 valence electrons. The fourth-order valence-electron chi connectivity index (χ4n) is 2.04. The monoisotopic (exact) mass is 256 g/mol. The molecular formula is C13H24N2O3. The summed E-state index contributed by atoms with van der Waals surface area (Å²) in [7, 11) is 1.34. The molecule has 0 saturated heterocycles. The molecule has 1 aliphatic rings. The lowest BCUT2D eigenvalue weighted by Crippen LogP contribution is -2.41. The highest BCUT2D eigenvalue weighted by molar-refractivity contribution is 5.86. The molecule has 5 heteroatoms. The number of carbonyl (C=O) groups is 2. The summed E-state index contributed by atoms with van der Waals surface area (Å²) in [5, 5.41) is 0. The molecule has 1 aliphatic carbocycles. The Morgan fingerprint density at radius 3 is 2.33 bits per heavy atom. The first-order chi connectivity index (χ1) is 8.53. The summed E-state index contributed by atoms with van der Waals surface area (Å²) in [6, 6.07) is -0.0284. The van der Waals surface area contributed by atoms with E-state index in [0.717, 1.165) is 19.3 Å². The lowest BCUT2D eigenvalue weighted by atomic mass is 10.0. The van der Waals surface area contributed by atoms with Crippen LogP contribution < -0.4 is 5.73 Å². The van der Waals surface area contributed by atoms with Crippen molar-refractivity contribution >= 4 is 11.9 Å². The number of methoxy groups -OCH3 is 1. The molecule has 1 fully saturated rings. The fraction of sp³-hybridized carbons (Fsp3) is 0.846. The molecule has 1 rings (SSSR count). The zero-order valence-electron chi connectivity index (χ0n) is 11.5. The number of carbonyl (C=O) groups excluding carboxylic acids is 2. The van der Waals surface area contributed by atoms with E-state index in [1.54, 1.807) is 4.90 Å². The lowest BCUT2D eigenvalue weighted by Gasteiger charge is -2.25. The summed E-state index contributed by atoms with van der Waals surface area (Å²) in [5.74, 6) is -0.0408. The van der Waals surface area contributed by atoms with Crippen molar-refractivity contribution in [3.8, 4) is 0 Å². The number of nitrogens with zero attached hydrogens (tertiary/aromatic N) is 1. The van der Waals surface area contributed by atoms with Crippen molar-refractivity contribution in [2.75, 3.05) is 20.2 Å². The van der Waals surface area contributed by atoms with Crippen LogP contribution in [0.25, 0.3) is 0 Å². The van der Waals surface area contributed by atoms with E-state index in [9.17, 15) is 9.59 Å². The Bertz CT molecular complexity index is 303. The molecule has 2 N–H and O–H groups in total. The summed E-state index contributed by atoms with van der Waals surface area (Å²) in [6.45, 7) is 4.84. The number of ether oxygens (including phenoxy) is 1. The quantitative estimate of drug-likeness (QED) is 0.683. The predicted octanol–water partition coefficient (Wildman–Crippen LogP) is 0.771. The van der Waals surface area contributed by atoms with Gasteiger partial charge in [-0.3, -0.25) is 9.59 Å². The topological polar surface area (TPSA) is 72.6 Å². The molecule has 2 unspecified atom stereocenters. The normalized spacial score (nSPS) is 21.8. The lowest BCUT2D eigenvalue weighted by molar-refractivity contribution is -0.148. The van der Waals surface area contributed by atoms with Gasteiger partial charge in [0.25, 0.3) is 0 Å². The molecule has 0 heterocycles. The maximum Gasteiger partial charge on any atom is 0.325 e. The number of amides is 1. The maximum atomic E-state index is 12.2. The molecule has 0 aromatic heterocycles. The van der Waals surface area contributed by atoms with E-state index >= 15 is 0 Å².